The van der Waals surface area contributed by atoms with Crippen molar-refractivity contribution >= 4 is 5.78 Å². The molecule has 0 heterocycles. The predicted octanol–water partition coefficient (Wildman–Crippen LogP) is 4.92. The Morgan fingerprint density at radius 1 is 0.962 bits per heavy atom. The molecule has 3 rings (SSSR count). The fourth-order valence-electron chi connectivity index (χ4n) is 3.36. The van der Waals surface area contributed by atoms with Crippen LogP contribution >= 0.6 is 0 Å². The number of methoxy groups -OCH3 is 1. The summed E-state index contributed by atoms with van der Waals surface area (Å²) in [6.07, 6.45) is 1.34. The Balaban J connectivity index is 2.16. The van der Waals surface area contributed by atoms with E-state index in [1.54, 1.807) is 7.11 Å². The molecule has 0 aromatic heterocycles. The number of Topliss-reactive ketones (excluding diaryl/α,β-unsaturated/α-hetero) is 1. The van der Waals surface area contributed by atoms with Crippen molar-refractivity contribution in [2.75, 3.05) is 20.3 Å². The van der Waals surface area contributed by atoms with Crippen molar-refractivity contribution in [2.24, 2.45) is 5.92 Å². The van der Waals surface area contributed by atoms with Crippen LogP contribution in [0.3, 0.4) is 0 Å². The Morgan fingerprint density at radius 2 is 1.73 bits per heavy atom. The Hall–Kier alpha value is -2.49. The van der Waals surface area contributed by atoms with E-state index in [0.29, 0.717) is 42.8 Å². The fourth-order valence-corrected chi connectivity index (χ4v) is 3.36. The van der Waals surface area contributed by atoms with Gasteiger partial charge in [-0.1, -0.05) is 32.0 Å². The summed E-state index contributed by atoms with van der Waals surface area (Å²) in [7, 11) is 1.63. The molecule has 1 aliphatic rings. The summed E-state index contributed by atoms with van der Waals surface area (Å²) < 4.78 is 17.5. The molecule has 26 heavy (non-hydrogen) atoms. The van der Waals surface area contributed by atoms with Crippen molar-refractivity contribution in [1.29, 1.82) is 0 Å². The number of carbonyl (C=O) groups is 1. The van der Waals surface area contributed by atoms with E-state index in [4.69, 9.17) is 14.2 Å². The lowest BCUT2D eigenvalue weighted by molar-refractivity contribution is 0.0994. The molecular formula is C22H26O4. The first kappa shape index (κ1) is 18.3. The van der Waals surface area contributed by atoms with Crippen LogP contribution in [0.25, 0.3) is 11.1 Å². The minimum Gasteiger partial charge on any atom is -0.490 e. The van der Waals surface area contributed by atoms with Crippen molar-refractivity contribution in [3.63, 3.8) is 0 Å². The van der Waals surface area contributed by atoms with Crippen molar-refractivity contribution in [2.45, 2.75) is 33.6 Å². The van der Waals surface area contributed by atoms with E-state index < -0.39 is 0 Å². The summed E-state index contributed by atoms with van der Waals surface area (Å²) in [5, 5.41) is 0. The lowest BCUT2D eigenvalue weighted by atomic mass is 9.95. The Kier molecular flexibility index (Phi) is 5.50. The monoisotopic (exact) mass is 354 g/mol. The summed E-state index contributed by atoms with van der Waals surface area (Å²) in [5.74, 6) is 2.55. The second-order valence-corrected chi connectivity index (χ2v) is 6.87. The molecule has 0 saturated carbocycles. The molecule has 0 spiro atoms. The third-order valence-electron chi connectivity index (χ3n) is 4.51. The maximum Gasteiger partial charge on any atom is 0.203 e. The van der Waals surface area contributed by atoms with E-state index in [-0.39, 0.29) is 5.78 Å². The van der Waals surface area contributed by atoms with Crippen LogP contribution in [0.1, 0.15) is 43.1 Å². The molecule has 0 amide bonds. The molecule has 0 aliphatic heterocycles. The van der Waals surface area contributed by atoms with Crippen LogP contribution < -0.4 is 14.2 Å². The van der Waals surface area contributed by atoms with E-state index in [0.717, 1.165) is 28.7 Å². The highest BCUT2D eigenvalue weighted by molar-refractivity contribution is 6.02. The van der Waals surface area contributed by atoms with Crippen molar-refractivity contribution in [3.8, 4) is 28.4 Å². The van der Waals surface area contributed by atoms with Gasteiger partial charge in [0.1, 0.15) is 0 Å². The number of fused-ring (bicyclic) bond motifs is 1. The first-order chi connectivity index (χ1) is 12.6. The summed E-state index contributed by atoms with van der Waals surface area (Å²) in [5.41, 5.74) is 3.90. The molecule has 4 heteroatoms. The number of rotatable bonds is 7. The lowest BCUT2D eigenvalue weighted by Crippen LogP contribution is -2.08. The van der Waals surface area contributed by atoms with Gasteiger partial charge in [-0.3, -0.25) is 4.79 Å². The Bertz CT molecular complexity index is 808. The maximum absolute atomic E-state index is 12.1. The predicted molar refractivity (Wildman–Crippen MR) is 103 cm³/mol. The third-order valence-corrected chi connectivity index (χ3v) is 4.51. The van der Waals surface area contributed by atoms with Crippen LogP contribution in [-0.2, 0) is 6.42 Å². The van der Waals surface area contributed by atoms with Gasteiger partial charge in [0.25, 0.3) is 0 Å². The highest BCUT2D eigenvalue weighted by Crippen LogP contribution is 2.46. The molecule has 0 atom stereocenters. The molecule has 0 bridgehead atoms. The molecule has 138 valence electrons. The average Bonchev–Trinajstić information content (AvgIpc) is 3.01. The van der Waals surface area contributed by atoms with Crippen molar-refractivity contribution < 1.29 is 19.0 Å². The SMILES string of the molecule is CCOc1ccc(-c2cccc3c2CCC3=O)c(OCC(C)C)c1OC. The molecule has 2 aromatic carbocycles. The molecule has 1 aliphatic carbocycles. The van der Waals surface area contributed by atoms with E-state index in [2.05, 4.69) is 19.9 Å². The second kappa shape index (κ2) is 7.81. The average molecular weight is 354 g/mol. The minimum absolute atomic E-state index is 0.212. The molecule has 0 fully saturated rings. The van der Waals surface area contributed by atoms with Crippen LogP contribution in [0.4, 0.5) is 0 Å². The van der Waals surface area contributed by atoms with Gasteiger partial charge in [-0.05, 0) is 42.5 Å². The van der Waals surface area contributed by atoms with Crippen LogP contribution in [0.15, 0.2) is 30.3 Å². The number of ketones is 1. The van der Waals surface area contributed by atoms with Gasteiger partial charge in [-0.2, -0.15) is 0 Å². The third kappa shape index (κ3) is 3.41. The van der Waals surface area contributed by atoms with E-state index in [1.165, 1.54) is 0 Å². The number of benzene rings is 2. The number of hydrogen-bond acceptors (Lipinski definition) is 4. The Morgan fingerprint density at radius 3 is 2.42 bits per heavy atom. The standard InChI is InChI=1S/C22H26O4/c1-5-25-20-12-10-18(21(22(20)24-4)26-13-14(2)3)15-7-6-8-17-16(15)9-11-19(17)23/h6-8,10,12,14H,5,9,11,13H2,1-4H3. The van der Waals surface area contributed by atoms with Crippen LogP contribution in [-0.4, -0.2) is 26.1 Å². The highest BCUT2D eigenvalue weighted by atomic mass is 16.5. The van der Waals surface area contributed by atoms with E-state index in [1.807, 2.05) is 31.2 Å². The lowest BCUT2D eigenvalue weighted by Gasteiger charge is -2.20. The van der Waals surface area contributed by atoms with E-state index >= 15 is 0 Å². The maximum atomic E-state index is 12.1. The number of carbonyl (C=O) groups excluding carboxylic acids is 1. The zero-order chi connectivity index (χ0) is 18.7. The largest absolute Gasteiger partial charge is 0.490 e. The summed E-state index contributed by atoms with van der Waals surface area (Å²) in [6, 6.07) is 9.81. The fraction of sp³-hybridized carbons (Fsp3) is 0.409. The van der Waals surface area contributed by atoms with Crippen molar-refractivity contribution in [1.82, 2.24) is 0 Å². The van der Waals surface area contributed by atoms with Crippen LogP contribution in [0, 0.1) is 5.92 Å². The van der Waals surface area contributed by atoms with Gasteiger partial charge in [-0.25, -0.2) is 0 Å². The van der Waals surface area contributed by atoms with Gasteiger partial charge >= 0.3 is 0 Å². The normalized spacial score (nSPS) is 13.0. The van der Waals surface area contributed by atoms with Gasteiger partial charge in [0.05, 0.1) is 20.3 Å². The zero-order valence-electron chi connectivity index (χ0n) is 15.9. The molecule has 0 N–H and O–H groups in total. The van der Waals surface area contributed by atoms with Gasteiger partial charge in [0.15, 0.2) is 17.3 Å². The molecule has 2 aromatic rings. The highest BCUT2D eigenvalue weighted by Gasteiger charge is 2.26. The number of ether oxygens (including phenoxy) is 3. The quantitative estimate of drug-likeness (QED) is 0.707. The molecule has 4 nitrogen and oxygen atoms in total. The molecule has 0 unspecified atom stereocenters. The van der Waals surface area contributed by atoms with Crippen molar-refractivity contribution in [3.05, 3.63) is 41.5 Å². The topological polar surface area (TPSA) is 44.8 Å². The summed E-state index contributed by atoms with van der Waals surface area (Å²) in [4.78, 5) is 12.1. The molecule has 0 saturated heterocycles. The molecule has 0 radical (unpaired) electrons. The minimum atomic E-state index is 0.212. The summed E-state index contributed by atoms with van der Waals surface area (Å²) in [6.45, 7) is 7.29. The molecular weight excluding hydrogens is 328 g/mol. The first-order valence-corrected chi connectivity index (χ1v) is 9.18. The van der Waals surface area contributed by atoms with Gasteiger partial charge in [-0.15, -0.1) is 0 Å². The summed E-state index contributed by atoms with van der Waals surface area (Å²) >= 11 is 0. The Labute approximate surface area is 155 Å². The first-order valence-electron chi connectivity index (χ1n) is 9.18. The second-order valence-electron chi connectivity index (χ2n) is 6.87. The smallest absolute Gasteiger partial charge is 0.203 e. The van der Waals surface area contributed by atoms with E-state index in [9.17, 15) is 4.79 Å². The van der Waals surface area contributed by atoms with Crippen LogP contribution in [0.5, 0.6) is 17.2 Å². The van der Waals surface area contributed by atoms with Gasteiger partial charge in [0.2, 0.25) is 5.75 Å². The van der Waals surface area contributed by atoms with Gasteiger partial charge in [0, 0.05) is 17.5 Å². The zero-order valence-corrected chi connectivity index (χ0v) is 15.9. The van der Waals surface area contributed by atoms with Gasteiger partial charge < -0.3 is 14.2 Å². The van der Waals surface area contributed by atoms with Crippen LogP contribution in [0.2, 0.25) is 0 Å². The number of hydrogen-bond donors (Lipinski definition) is 0.